The van der Waals surface area contributed by atoms with Crippen LogP contribution < -0.4 is 4.90 Å². The van der Waals surface area contributed by atoms with Gasteiger partial charge in [-0.25, -0.2) is 14.6 Å². The Morgan fingerprint density at radius 1 is 0.962 bits per heavy atom. The van der Waals surface area contributed by atoms with E-state index in [-0.39, 0.29) is 12.3 Å². The first kappa shape index (κ1) is 40.9. The van der Waals surface area contributed by atoms with Gasteiger partial charge in [0.15, 0.2) is 17.8 Å². The molecule has 1 saturated heterocycles. The Balaban J connectivity index is 1.27. The van der Waals surface area contributed by atoms with Crippen LogP contribution in [0.2, 0.25) is 0 Å². The summed E-state index contributed by atoms with van der Waals surface area (Å²) in [5.41, 5.74) is 0.980. The van der Waals surface area contributed by atoms with E-state index in [4.69, 9.17) is 53.8 Å². The fourth-order valence-corrected chi connectivity index (χ4v) is 8.07. The molecular formula is C32H43N5O14P2. The number of hydrogen-bond donors (Lipinski definition) is 5. The van der Waals surface area contributed by atoms with E-state index < -0.39 is 52.2 Å². The third-order valence-electron chi connectivity index (χ3n) is 7.86. The van der Waals surface area contributed by atoms with E-state index in [2.05, 4.69) is 16.0 Å². The zero-order valence-electron chi connectivity index (χ0n) is 28.9. The molecule has 0 spiro atoms. The molecule has 1 aliphatic heterocycles. The SMILES string of the molecule is C#CCOCCOCCOCCOCCN(Cc1cc2ccccc2o1)c1nc(C)nc2c1cnn2[C@@H]1O[C@H](COP(=O)(O)CP(=O)(O)O)[C@@H](O)[C@H]1O. The predicted molar refractivity (Wildman–Crippen MR) is 188 cm³/mol. The molecular weight excluding hydrogens is 740 g/mol. The maximum atomic E-state index is 12.2. The normalized spacial score (nSPS) is 20.2. The summed E-state index contributed by atoms with van der Waals surface area (Å²) >= 11 is 0. The van der Waals surface area contributed by atoms with Crippen LogP contribution in [0.4, 0.5) is 5.82 Å². The van der Waals surface area contributed by atoms with Crippen LogP contribution in [-0.4, -0.2) is 135 Å². The van der Waals surface area contributed by atoms with Gasteiger partial charge in [-0.15, -0.1) is 6.42 Å². The molecule has 19 nitrogen and oxygen atoms in total. The topological polar surface area (TPSA) is 251 Å². The molecule has 0 amide bonds. The van der Waals surface area contributed by atoms with E-state index in [1.165, 1.54) is 10.9 Å². The van der Waals surface area contributed by atoms with E-state index in [9.17, 15) is 24.2 Å². The van der Waals surface area contributed by atoms with Gasteiger partial charge in [0.2, 0.25) is 0 Å². The van der Waals surface area contributed by atoms with Gasteiger partial charge < -0.3 is 62.4 Å². The molecule has 0 radical (unpaired) electrons. The number of aliphatic hydroxyl groups excluding tert-OH is 2. The van der Waals surface area contributed by atoms with Crippen LogP contribution >= 0.6 is 15.2 Å². The van der Waals surface area contributed by atoms with Crippen molar-refractivity contribution in [1.29, 1.82) is 0 Å². The number of ether oxygens (including phenoxy) is 5. The van der Waals surface area contributed by atoms with Crippen molar-refractivity contribution in [3.05, 3.63) is 48.1 Å². The number of anilines is 1. The zero-order valence-corrected chi connectivity index (χ0v) is 30.7. The highest BCUT2D eigenvalue weighted by atomic mass is 31.2. The molecule has 0 aliphatic carbocycles. The molecule has 5 N–H and O–H groups in total. The first-order valence-corrected chi connectivity index (χ1v) is 20.1. The Morgan fingerprint density at radius 3 is 2.32 bits per heavy atom. The minimum absolute atomic E-state index is 0.244. The van der Waals surface area contributed by atoms with Gasteiger partial charge in [-0.05, 0) is 19.1 Å². The molecule has 1 fully saturated rings. The summed E-state index contributed by atoms with van der Waals surface area (Å²) in [6.07, 6.45) is 0.791. The van der Waals surface area contributed by atoms with Gasteiger partial charge in [-0.3, -0.25) is 9.13 Å². The molecule has 4 heterocycles. The molecule has 1 aromatic carbocycles. The second-order valence-corrected chi connectivity index (χ2v) is 16.0. The van der Waals surface area contributed by atoms with E-state index in [0.29, 0.717) is 82.1 Å². The third kappa shape index (κ3) is 11.6. The van der Waals surface area contributed by atoms with Gasteiger partial charge in [0.05, 0.1) is 71.0 Å². The lowest BCUT2D eigenvalue weighted by atomic mass is 10.1. The van der Waals surface area contributed by atoms with Gasteiger partial charge in [0.1, 0.15) is 47.9 Å². The summed E-state index contributed by atoms with van der Waals surface area (Å²) in [7, 11) is -9.62. The van der Waals surface area contributed by atoms with Crippen molar-refractivity contribution < 1.29 is 66.6 Å². The quantitative estimate of drug-likeness (QED) is 0.0431. The van der Waals surface area contributed by atoms with Crippen molar-refractivity contribution in [2.45, 2.75) is 38.0 Å². The zero-order chi connectivity index (χ0) is 38.0. The lowest BCUT2D eigenvalue weighted by Crippen LogP contribution is -2.34. The van der Waals surface area contributed by atoms with E-state index in [1.807, 2.05) is 35.2 Å². The highest BCUT2D eigenvalue weighted by Gasteiger charge is 2.46. The minimum Gasteiger partial charge on any atom is -0.459 e. The molecule has 5 rings (SSSR count). The van der Waals surface area contributed by atoms with Crippen LogP contribution in [0.1, 0.15) is 17.8 Å². The van der Waals surface area contributed by atoms with Crippen LogP contribution in [0, 0.1) is 19.3 Å². The first-order chi connectivity index (χ1) is 25.3. The number of aliphatic hydroxyl groups is 2. The number of nitrogens with zero attached hydrogens (tertiary/aromatic N) is 5. The molecule has 1 aliphatic rings. The monoisotopic (exact) mass is 783 g/mol. The van der Waals surface area contributed by atoms with Gasteiger partial charge >= 0.3 is 15.2 Å². The lowest BCUT2D eigenvalue weighted by Gasteiger charge is -2.24. The number of rotatable bonds is 22. The van der Waals surface area contributed by atoms with Crippen LogP contribution in [0.15, 0.2) is 40.9 Å². The fourth-order valence-electron chi connectivity index (χ4n) is 5.50. The number of fused-ring (bicyclic) bond motifs is 2. The van der Waals surface area contributed by atoms with Crippen LogP contribution in [0.25, 0.3) is 22.0 Å². The molecule has 21 heteroatoms. The number of benzene rings is 1. The number of aromatic nitrogens is 4. The predicted octanol–water partition coefficient (Wildman–Crippen LogP) is 1.54. The maximum absolute atomic E-state index is 12.2. The lowest BCUT2D eigenvalue weighted by molar-refractivity contribution is -0.0541. The summed E-state index contributed by atoms with van der Waals surface area (Å²) in [5, 5.41) is 27.4. The van der Waals surface area contributed by atoms with Gasteiger partial charge in [-0.1, -0.05) is 24.1 Å². The van der Waals surface area contributed by atoms with Crippen molar-refractivity contribution in [1.82, 2.24) is 19.7 Å². The minimum atomic E-state index is -4.88. The number of furan rings is 1. The molecule has 0 bridgehead atoms. The molecule has 3 aromatic heterocycles. The van der Waals surface area contributed by atoms with Crippen molar-refractivity contribution in [2.75, 3.05) is 76.8 Å². The number of para-hydroxylation sites is 1. The second kappa shape index (κ2) is 18.8. The molecule has 5 atom stereocenters. The van der Waals surface area contributed by atoms with E-state index in [1.54, 1.807) is 6.92 Å². The number of aryl methyl sites for hydroxylation is 1. The average Bonchev–Trinajstić information content (AvgIpc) is 3.79. The summed E-state index contributed by atoms with van der Waals surface area (Å²) in [5.74, 6) is 2.47. The van der Waals surface area contributed by atoms with Gasteiger partial charge in [0.25, 0.3) is 0 Å². The maximum Gasteiger partial charge on any atom is 0.340 e. The Kier molecular flexibility index (Phi) is 14.5. The largest absolute Gasteiger partial charge is 0.459 e. The second-order valence-electron chi connectivity index (χ2n) is 12.0. The van der Waals surface area contributed by atoms with Gasteiger partial charge in [-0.2, -0.15) is 5.10 Å². The summed E-state index contributed by atoms with van der Waals surface area (Å²) in [4.78, 5) is 39.2. The van der Waals surface area contributed by atoms with Crippen molar-refractivity contribution >= 4 is 43.0 Å². The van der Waals surface area contributed by atoms with Crippen molar-refractivity contribution in [3.8, 4) is 12.3 Å². The first-order valence-electron chi connectivity index (χ1n) is 16.6. The van der Waals surface area contributed by atoms with Crippen LogP contribution in [-0.2, 0) is 43.9 Å². The fraction of sp³-hybridized carbons (Fsp3) is 0.531. The number of terminal acetylenes is 1. The molecule has 1 unspecified atom stereocenters. The Hall–Kier alpha value is -3.31. The van der Waals surface area contributed by atoms with Gasteiger partial charge in [0, 0.05) is 11.9 Å². The summed E-state index contributed by atoms with van der Waals surface area (Å²) < 4.78 is 63.4. The van der Waals surface area contributed by atoms with Crippen molar-refractivity contribution in [2.24, 2.45) is 0 Å². The number of hydrogen-bond acceptors (Lipinski definition) is 15. The van der Waals surface area contributed by atoms with Crippen LogP contribution in [0.3, 0.4) is 0 Å². The smallest absolute Gasteiger partial charge is 0.340 e. The molecule has 4 aromatic rings. The summed E-state index contributed by atoms with van der Waals surface area (Å²) in [6, 6.07) is 9.56. The van der Waals surface area contributed by atoms with E-state index >= 15 is 0 Å². The van der Waals surface area contributed by atoms with E-state index in [0.717, 1.165) is 11.0 Å². The average molecular weight is 784 g/mol. The van der Waals surface area contributed by atoms with Crippen LogP contribution in [0.5, 0.6) is 0 Å². The Morgan fingerprint density at radius 2 is 1.64 bits per heavy atom. The standard InChI is InChI=1S/C32H43N5O14P2/c1-3-9-45-11-13-47-15-16-48-14-12-46-10-8-36(19-24-17-23-6-4-5-7-26(23)50-24)30-25-18-33-37(31(25)35-22(2)34-30)32-29(39)28(38)27(51-32)20-49-53(43,44)21-52(40,41)42/h1,4-7,17-18,27-29,32,38-39H,8-16,19-21H2,2H3,(H,43,44)(H2,40,41,42)/t27-,28-,29-,32-/m1/s1. The van der Waals surface area contributed by atoms with Crippen molar-refractivity contribution in [3.63, 3.8) is 0 Å². The Bertz CT molecular complexity index is 1900. The molecule has 0 saturated carbocycles. The highest BCUT2D eigenvalue weighted by molar-refractivity contribution is 7.70. The summed E-state index contributed by atoms with van der Waals surface area (Å²) in [6.45, 7) is 4.44. The molecule has 290 valence electrons. The third-order valence-corrected chi connectivity index (χ3v) is 11.3. The highest BCUT2D eigenvalue weighted by Crippen LogP contribution is 2.55. The molecule has 53 heavy (non-hydrogen) atoms. The Labute approximate surface area is 304 Å².